The molecule has 2 heterocycles. The van der Waals surface area contributed by atoms with Crippen molar-refractivity contribution in [3.63, 3.8) is 0 Å². The average molecular weight is 335 g/mol. The maximum absolute atomic E-state index is 4.38. The van der Waals surface area contributed by atoms with Gasteiger partial charge in [0.1, 0.15) is 0 Å². The highest BCUT2D eigenvalue weighted by molar-refractivity contribution is 4.95. The SMILES string of the molecule is CC[C@@H](c1nnnn1CCC(C)C)N1CCN(C2CCCC2)CC1. The molecule has 136 valence electrons. The zero-order chi connectivity index (χ0) is 16.9. The van der Waals surface area contributed by atoms with Gasteiger partial charge in [0, 0.05) is 38.8 Å². The molecular formula is C18H34N6. The first-order valence-corrected chi connectivity index (χ1v) is 9.93. The van der Waals surface area contributed by atoms with Gasteiger partial charge in [-0.15, -0.1) is 5.10 Å². The van der Waals surface area contributed by atoms with Crippen LogP contribution in [0.2, 0.25) is 0 Å². The molecule has 1 saturated carbocycles. The molecule has 2 aliphatic rings. The summed E-state index contributed by atoms with van der Waals surface area (Å²) in [6, 6.07) is 1.21. The monoisotopic (exact) mass is 334 g/mol. The van der Waals surface area contributed by atoms with Crippen LogP contribution in [0.5, 0.6) is 0 Å². The van der Waals surface area contributed by atoms with E-state index in [1.165, 1.54) is 38.8 Å². The second-order valence-electron chi connectivity index (χ2n) is 7.88. The molecule has 0 N–H and O–H groups in total. The van der Waals surface area contributed by atoms with Gasteiger partial charge in [0.05, 0.1) is 6.04 Å². The van der Waals surface area contributed by atoms with Gasteiger partial charge in [0.25, 0.3) is 0 Å². The van der Waals surface area contributed by atoms with E-state index in [9.17, 15) is 0 Å². The molecule has 1 aliphatic heterocycles. The van der Waals surface area contributed by atoms with E-state index in [4.69, 9.17) is 0 Å². The highest BCUT2D eigenvalue weighted by Gasteiger charge is 2.31. The summed E-state index contributed by atoms with van der Waals surface area (Å²) in [6.07, 6.45) is 7.87. The highest BCUT2D eigenvalue weighted by atomic mass is 15.6. The van der Waals surface area contributed by atoms with E-state index < -0.39 is 0 Å². The van der Waals surface area contributed by atoms with Crippen LogP contribution in [-0.2, 0) is 6.54 Å². The zero-order valence-electron chi connectivity index (χ0n) is 15.7. The van der Waals surface area contributed by atoms with Crippen LogP contribution < -0.4 is 0 Å². The van der Waals surface area contributed by atoms with Crippen LogP contribution in [0.3, 0.4) is 0 Å². The smallest absolute Gasteiger partial charge is 0.168 e. The average Bonchev–Trinajstić information content (AvgIpc) is 3.26. The predicted molar refractivity (Wildman–Crippen MR) is 95.7 cm³/mol. The molecule has 1 aromatic heterocycles. The van der Waals surface area contributed by atoms with Gasteiger partial charge in [-0.05, 0) is 42.0 Å². The Kier molecular flexibility index (Phi) is 6.22. The number of nitrogens with zero attached hydrogens (tertiary/aromatic N) is 6. The molecule has 3 rings (SSSR count). The minimum Gasteiger partial charge on any atom is -0.298 e. The summed E-state index contributed by atoms with van der Waals surface area (Å²) >= 11 is 0. The van der Waals surface area contributed by atoms with Crippen LogP contribution in [0.4, 0.5) is 0 Å². The van der Waals surface area contributed by atoms with Crippen molar-refractivity contribution in [2.24, 2.45) is 5.92 Å². The predicted octanol–water partition coefficient (Wildman–Crippen LogP) is 2.73. The lowest BCUT2D eigenvalue weighted by molar-refractivity contribution is 0.0643. The van der Waals surface area contributed by atoms with Crippen molar-refractivity contribution in [1.29, 1.82) is 0 Å². The number of hydrogen-bond acceptors (Lipinski definition) is 5. The Labute approximate surface area is 146 Å². The van der Waals surface area contributed by atoms with Gasteiger partial charge < -0.3 is 0 Å². The number of piperazine rings is 1. The third-order valence-corrected chi connectivity index (χ3v) is 5.79. The molecule has 1 saturated heterocycles. The van der Waals surface area contributed by atoms with Gasteiger partial charge in [0.15, 0.2) is 5.82 Å². The first-order chi connectivity index (χ1) is 11.7. The topological polar surface area (TPSA) is 50.1 Å². The lowest BCUT2D eigenvalue weighted by Crippen LogP contribution is -2.50. The number of aryl methyl sites for hydroxylation is 1. The Morgan fingerprint density at radius 1 is 1.08 bits per heavy atom. The Morgan fingerprint density at radius 3 is 2.42 bits per heavy atom. The zero-order valence-corrected chi connectivity index (χ0v) is 15.7. The Hall–Kier alpha value is -1.01. The van der Waals surface area contributed by atoms with Crippen molar-refractivity contribution in [3.8, 4) is 0 Å². The molecule has 6 heteroatoms. The normalized spacial score (nSPS) is 22.5. The van der Waals surface area contributed by atoms with Gasteiger partial charge in [0.2, 0.25) is 0 Å². The van der Waals surface area contributed by atoms with Gasteiger partial charge in [-0.2, -0.15) is 0 Å². The van der Waals surface area contributed by atoms with E-state index in [-0.39, 0.29) is 0 Å². The summed E-state index contributed by atoms with van der Waals surface area (Å²) in [5, 5.41) is 12.6. The van der Waals surface area contributed by atoms with Crippen molar-refractivity contribution < 1.29 is 0 Å². The minimum absolute atomic E-state index is 0.359. The molecule has 1 aromatic rings. The summed E-state index contributed by atoms with van der Waals surface area (Å²) in [5.74, 6) is 1.74. The summed E-state index contributed by atoms with van der Waals surface area (Å²) in [7, 11) is 0. The van der Waals surface area contributed by atoms with E-state index in [1.807, 2.05) is 4.68 Å². The van der Waals surface area contributed by atoms with Crippen molar-refractivity contribution in [3.05, 3.63) is 5.82 Å². The Balaban J connectivity index is 1.59. The Bertz CT molecular complexity index is 485. The van der Waals surface area contributed by atoms with Crippen molar-refractivity contribution in [2.75, 3.05) is 26.2 Å². The lowest BCUT2D eigenvalue weighted by atomic mass is 10.1. The van der Waals surface area contributed by atoms with Gasteiger partial charge >= 0.3 is 0 Å². The molecule has 0 bridgehead atoms. The fraction of sp³-hybridized carbons (Fsp3) is 0.944. The number of hydrogen-bond donors (Lipinski definition) is 0. The van der Waals surface area contributed by atoms with E-state index in [0.717, 1.165) is 44.3 Å². The second kappa shape index (κ2) is 8.39. The molecule has 24 heavy (non-hydrogen) atoms. The minimum atomic E-state index is 0.359. The molecule has 0 spiro atoms. The van der Waals surface area contributed by atoms with Crippen molar-refractivity contribution in [1.82, 2.24) is 30.0 Å². The number of aromatic nitrogens is 4. The maximum Gasteiger partial charge on any atom is 0.168 e. The first-order valence-electron chi connectivity index (χ1n) is 9.93. The summed E-state index contributed by atoms with van der Waals surface area (Å²) in [5.41, 5.74) is 0. The molecule has 6 nitrogen and oxygen atoms in total. The van der Waals surface area contributed by atoms with Crippen LogP contribution >= 0.6 is 0 Å². The van der Waals surface area contributed by atoms with Crippen LogP contribution in [0.1, 0.15) is 71.2 Å². The van der Waals surface area contributed by atoms with Crippen molar-refractivity contribution in [2.45, 2.75) is 77.9 Å². The molecule has 1 atom stereocenters. The molecule has 0 amide bonds. The van der Waals surface area contributed by atoms with Crippen LogP contribution in [0.25, 0.3) is 0 Å². The van der Waals surface area contributed by atoms with E-state index >= 15 is 0 Å². The molecule has 0 radical (unpaired) electrons. The summed E-state index contributed by atoms with van der Waals surface area (Å²) in [6.45, 7) is 12.4. The fourth-order valence-corrected chi connectivity index (χ4v) is 4.28. The third-order valence-electron chi connectivity index (χ3n) is 5.79. The number of tetrazole rings is 1. The van der Waals surface area contributed by atoms with E-state index in [1.54, 1.807) is 0 Å². The van der Waals surface area contributed by atoms with E-state index in [2.05, 4.69) is 46.1 Å². The van der Waals surface area contributed by atoms with Gasteiger partial charge in [-0.25, -0.2) is 4.68 Å². The van der Waals surface area contributed by atoms with Gasteiger partial charge in [-0.3, -0.25) is 9.80 Å². The summed E-state index contributed by atoms with van der Waals surface area (Å²) < 4.78 is 2.04. The molecule has 0 unspecified atom stereocenters. The number of rotatable bonds is 7. The van der Waals surface area contributed by atoms with Crippen LogP contribution in [-0.4, -0.2) is 62.2 Å². The Morgan fingerprint density at radius 2 is 1.79 bits per heavy atom. The molecule has 0 aromatic carbocycles. The van der Waals surface area contributed by atoms with Crippen LogP contribution in [0.15, 0.2) is 0 Å². The molecule has 2 fully saturated rings. The quantitative estimate of drug-likeness (QED) is 0.767. The van der Waals surface area contributed by atoms with Crippen molar-refractivity contribution >= 4 is 0 Å². The first kappa shape index (κ1) is 17.8. The third kappa shape index (κ3) is 4.14. The molecule has 1 aliphatic carbocycles. The standard InChI is InChI=1S/C18H34N6/c1-4-17(18-19-20-21-24(18)10-9-15(2)3)23-13-11-22(12-14-23)16-7-5-6-8-16/h15-17H,4-14H2,1-3H3/t17-/m0/s1. The fourth-order valence-electron chi connectivity index (χ4n) is 4.28. The maximum atomic E-state index is 4.38. The highest BCUT2D eigenvalue weighted by Crippen LogP contribution is 2.28. The van der Waals surface area contributed by atoms with Crippen LogP contribution in [0, 0.1) is 5.92 Å². The second-order valence-corrected chi connectivity index (χ2v) is 7.88. The van der Waals surface area contributed by atoms with E-state index in [0.29, 0.717) is 12.0 Å². The largest absolute Gasteiger partial charge is 0.298 e. The summed E-state index contributed by atoms with van der Waals surface area (Å²) in [4.78, 5) is 5.32. The lowest BCUT2D eigenvalue weighted by Gasteiger charge is -2.40. The van der Waals surface area contributed by atoms with Gasteiger partial charge in [-0.1, -0.05) is 33.6 Å². The molecular weight excluding hydrogens is 300 g/mol.